The zero-order valence-corrected chi connectivity index (χ0v) is 8.66. The van der Waals surface area contributed by atoms with Gasteiger partial charge in [0.2, 0.25) is 5.91 Å². The Morgan fingerprint density at radius 2 is 1.69 bits per heavy atom. The van der Waals surface area contributed by atoms with E-state index >= 15 is 0 Å². The third-order valence-electron chi connectivity index (χ3n) is 1.45. The molecule has 0 aliphatic carbocycles. The largest absolute Gasteiger partial charge is 0.294 e. The molecule has 74 valence electrons. The van der Waals surface area contributed by atoms with Crippen molar-refractivity contribution in [2.24, 2.45) is 11.8 Å². The molecule has 0 radical (unpaired) electrons. The highest BCUT2D eigenvalue weighted by Gasteiger charge is 2.18. The van der Waals surface area contributed by atoms with Crippen LogP contribution in [0.2, 0.25) is 0 Å². The van der Waals surface area contributed by atoms with E-state index in [-0.39, 0.29) is 11.8 Å². The summed E-state index contributed by atoms with van der Waals surface area (Å²) in [5, 5.41) is 0.790. The van der Waals surface area contributed by atoms with Gasteiger partial charge in [0.1, 0.15) is 0 Å². The van der Waals surface area contributed by atoms with Gasteiger partial charge in [0.15, 0.2) is 0 Å². The molecule has 0 fully saturated rings. The average Bonchev–Trinajstić information content (AvgIpc) is 2.00. The second-order valence-corrected chi connectivity index (χ2v) is 3.72. The maximum absolute atomic E-state index is 11.1. The van der Waals surface area contributed by atoms with Gasteiger partial charge in [0.05, 0.1) is 0 Å². The third-order valence-corrected chi connectivity index (χ3v) is 1.76. The van der Waals surface area contributed by atoms with Crippen LogP contribution in [0.15, 0.2) is 23.2 Å². The molecule has 13 heavy (non-hydrogen) atoms. The van der Waals surface area contributed by atoms with Gasteiger partial charge in [-0.25, -0.2) is 5.84 Å². The Kier molecular flexibility index (Phi) is 5.79. The third kappa shape index (κ3) is 5.69. The molecule has 0 atom stereocenters. The minimum Gasteiger partial charge on any atom is -0.294 e. The van der Waals surface area contributed by atoms with Crippen LogP contribution >= 0.6 is 23.2 Å². The molecule has 0 aromatic carbocycles. The molecular weight excluding hydrogens is 211 g/mol. The van der Waals surface area contributed by atoms with E-state index in [1.54, 1.807) is 0 Å². The van der Waals surface area contributed by atoms with Crippen molar-refractivity contribution >= 4 is 29.1 Å². The van der Waals surface area contributed by atoms with Gasteiger partial charge in [-0.1, -0.05) is 36.4 Å². The lowest BCUT2D eigenvalue weighted by atomic mass is 10.0. The number of halogens is 2. The van der Waals surface area contributed by atoms with Crippen LogP contribution < -0.4 is 11.3 Å². The minimum atomic E-state index is -0.389. The summed E-state index contributed by atoms with van der Waals surface area (Å²) in [6.45, 7) is 6.98. The molecule has 0 aliphatic rings. The number of carbonyl (C=O) groups is 1. The van der Waals surface area contributed by atoms with Crippen molar-refractivity contribution in [3.05, 3.63) is 23.2 Å². The van der Waals surface area contributed by atoms with Crippen LogP contribution in [0, 0.1) is 5.92 Å². The van der Waals surface area contributed by atoms with Gasteiger partial charge in [0.25, 0.3) is 0 Å². The number of hydrogen-bond acceptors (Lipinski definition) is 2. The SMILES string of the molecule is C=C(Cl)CC(CC(=C)Cl)C(=O)NN. The monoisotopic (exact) mass is 222 g/mol. The molecule has 1 amide bonds. The lowest BCUT2D eigenvalue weighted by Crippen LogP contribution is -2.36. The van der Waals surface area contributed by atoms with Gasteiger partial charge in [-0.2, -0.15) is 0 Å². The molecule has 0 unspecified atom stereocenters. The first kappa shape index (κ1) is 12.5. The summed E-state index contributed by atoms with van der Waals surface area (Å²) >= 11 is 11.1. The Hall–Kier alpha value is -0.510. The van der Waals surface area contributed by atoms with Crippen LogP contribution in [0.3, 0.4) is 0 Å². The highest BCUT2D eigenvalue weighted by Crippen LogP contribution is 2.21. The highest BCUT2D eigenvalue weighted by molar-refractivity contribution is 6.30. The first-order valence-corrected chi connectivity index (χ1v) is 4.40. The fraction of sp³-hybridized carbons (Fsp3) is 0.375. The fourth-order valence-electron chi connectivity index (χ4n) is 0.910. The quantitative estimate of drug-likeness (QED) is 0.424. The molecule has 0 heterocycles. The van der Waals surface area contributed by atoms with E-state index in [1.165, 1.54) is 0 Å². The maximum Gasteiger partial charge on any atom is 0.237 e. The molecule has 0 saturated carbocycles. The van der Waals surface area contributed by atoms with Crippen molar-refractivity contribution in [1.29, 1.82) is 0 Å². The lowest BCUT2D eigenvalue weighted by molar-refractivity contribution is -0.124. The number of amides is 1. The van der Waals surface area contributed by atoms with Gasteiger partial charge in [-0.3, -0.25) is 10.2 Å². The van der Waals surface area contributed by atoms with Gasteiger partial charge >= 0.3 is 0 Å². The number of hydrazine groups is 1. The zero-order valence-electron chi connectivity index (χ0n) is 7.15. The van der Waals surface area contributed by atoms with E-state index < -0.39 is 0 Å². The number of allylic oxidation sites excluding steroid dienone is 2. The van der Waals surface area contributed by atoms with Crippen molar-refractivity contribution in [1.82, 2.24) is 5.43 Å². The van der Waals surface area contributed by atoms with Crippen LogP contribution in [0.4, 0.5) is 0 Å². The molecular formula is C8H12Cl2N2O. The Bertz CT molecular complexity index is 212. The van der Waals surface area contributed by atoms with Gasteiger partial charge in [0, 0.05) is 16.0 Å². The van der Waals surface area contributed by atoms with Gasteiger partial charge in [-0.05, 0) is 12.8 Å². The topological polar surface area (TPSA) is 55.1 Å². The van der Waals surface area contributed by atoms with E-state index in [0.29, 0.717) is 22.9 Å². The predicted molar refractivity (Wildman–Crippen MR) is 55.0 cm³/mol. The summed E-state index contributed by atoms with van der Waals surface area (Å²) in [4.78, 5) is 11.1. The number of nitrogens with one attached hydrogen (secondary N) is 1. The molecule has 0 spiro atoms. The summed E-state index contributed by atoms with van der Waals surface area (Å²) in [6.07, 6.45) is 0.687. The standard InChI is InChI=1S/C8H12Cl2N2O/c1-5(9)3-7(4-6(2)10)8(13)12-11/h7H,1-4,11H2,(H,12,13). The lowest BCUT2D eigenvalue weighted by Gasteiger charge is -2.13. The van der Waals surface area contributed by atoms with Crippen LogP contribution in [0.25, 0.3) is 0 Å². The molecule has 3 nitrogen and oxygen atoms in total. The van der Waals surface area contributed by atoms with E-state index in [4.69, 9.17) is 29.0 Å². The average molecular weight is 223 g/mol. The summed E-state index contributed by atoms with van der Waals surface area (Å²) in [5.41, 5.74) is 2.04. The molecule has 5 heteroatoms. The predicted octanol–water partition coefficient (Wildman–Crippen LogP) is 1.88. The zero-order chi connectivity index (χ0) is 10.4. The Balaban J connectivity index is 4.26. The second kappa shape index (κ2) is 6.02. The summed E-state index contributed by atoms with van der Waals surface area (Å²) in [6, 6.07) is 0. The van der Waals surface area contributed by atoms with Crippen LogP contribution in [-0.2, 0) is 4.79 Å². The molecule has 0 aliphatic heterocycles. The number of carbonyl (C=O) groups excluding carboxylic acids is 1. The van der Waals surface area contributed by atoms with Crippen molar-refractivity contribution in [3.63, 3.8) is 0 Å². The number of rotatable bonds is 5. The smallest absolute Gasteiger partial charge is 0.237 e. The molecule has 0 saturated heterocycles. The van der Waals surface area contributed by atoms with Crippen molar-refractivity contribution < 1.29 is 4.79 Å². The molecule has 0 aromatic heterocycles. The molecule has 0 bridgehead atoms. The van der Waals surface area contributed by atoms with Crippen LogP contribution in [0.1, 0.15) is 12.8 Å². The Labute approximate surface area is 87.5 Å². The second-order valence-electron chi connectivity index (χ2n) is 2.65. The van der Waals surface area contributed by atoms with Crippen LogP contribution in [-0.4, -0.2) is 5.91 Å². The van der Waals surface area contributed by atoms with Gasteiger partial charge < -0.3 is 0 Å². The first-order chi connectivity index (χ1) is 5.97. The van der Waals surface area contributed by atoms with Crippen molar-refractivity contribution in [2.75, 3.05) is 0 Å². The maximum atomic E-state index is 11.1. The summed E-state index contributed by atoms with van der Waals surface area (Å²) in [7, 11) is 0. The Morgan fingerprint density at radius 3 is 1.92 bits per heavy atom. The molecule has 0 aromatic rings. The minimum absolute atomic E-state index is 0.316. The first-order valence-electron chi connectivity index (χ1n) is 3.64. The summed E-state index contributed by atoms with van der Waals surface area (Å²) in [5.74, 6) is 4.27. The van der Waals surface area contributed by atoms with E-state index in [2.05, 4.69) is 13.2 Å². The van der Waals surface area contributed by atoms with E-state index in [1.807, 2.05) is 5.43 Å². The van der Waals surface area contributed by atoms with Gasteiger partial charge in [-0.15, -0.1) is 0 Å². The van der Waals surface area contributed by atoms with Crippen molar-refractivity contribution in [2.45, 2.75) is 12.8 Å². The molecule has 3 N–H and O–H groups in total. The van der Waals surface area contributed by atoms with E-state index in [0.717, 1.165) is 0 Å². The van der Waals surface area contributed by atoms with Crippen molar-refractivity contribution in [3.8, 4) is 0 Å². The number of hydrogen-bond donors (Lipinski definition) is 2. The highest BCUT2D eigenvalue weighted by atomic mass is 35.5. The number of nitrogens with two attached hydrogens (primary N) is 1. The normalized spacial score (nSPS) is 9.85. The van der Waals surface area contributed by atoms with E-state index in [9.17, 15) is 4.79 Å². The summed E-state index contributed by atoms with van der Waals surface area (Å²) < 4.78 is 0. The Morgan fingerprint density at radius 1 is 1.31 bits per heavy atom. The molecule has 0 rings (SSSR count). The van der Waals surface area contributed by atoms with Crippen LogP contribution in [0.5, 0.6) is 0 Å². The fourth-order valence-corrected chi connectivity index (χ4v) is 1.28.